The maximum atomic E-state index is 5.86. The minimum Gasteiger partial charge on any atom is -0.372 e. The topological polar surface area (TPSA) is 9.23 Å². The van der Waals surface area contributed by atoms with Crippen molar-refractivity contribution < 1.29 is 4.74 Å². The second-order valence-electron chi connectivity index (χ2n) is 8.61. The Bertz CT molecular complexity index is 806. The first-order valence-corrected chi connectivity index (χ1v) is 15.4. The summed E-state index contributed by atoms with van der Waals surface area (Å²) in [4.78, 5) is 0. The normalized spacial score (nSPS) is 10.9. The van der Waals surface area contributed by atoms with Crippen molar-refractivity contribution in [2.45, 2.75) is 99.5 Å². The van der Waals surface area contributed by atoms with Crippen LogP contribution in [0.1, 0.15) is 111 Å². The third-order valence-corrected chi connectivity index (χ3v) is 5.41. The maximum absolute atomic E-state index is 5.86. The summed E-state index contributed by atoms with van der Waals surface area (Å²) in [6.45, 7) is 18.7. The van der Waals surface area contributed by atoms with E-state index >= 15 is 0 Å². The van der Waals surface area contributed by atoms with E-state index in [1.54, 1.807) is 13.4 Å². The maximum Gasteiger partial charge on any atom is 0.107 e. The van der Waals surface area contributed by atoms with Crippen LogP contribution in [0.3, 0.4) is 0 Å². The lowest BCUT2D eigenvalue weighted by molar-refractivity contribution is 0.136. The molecule has 3 heteroatoms. The number of halogens is 1. The van der Waals surface area contributed by atoms with Crippen LogP contribution < -0.4 is 0 Å². The van der Waals surface area contributed by atoms with Gasteiger partial charge in [0.15, 0.2) is 0 Å². The minimum atomic E-state index is -0.0292. The van der Waals surface area contributed by atoms with Gasteiger partial charge in [-0.3, -0.25) is 0 Å². The van der Waals surface area contributed by atoms with E-state index in [1.807, 2.05) is 69.3 Å². The zero-order valence-electron chi connectivity index (χ0n) is 25.9. The average Bonchev–Trinajstić information content (AvgIpc) is 2.95. The van der Waals surface area contributed by atoms with Crippen LogP contribution in [0.15, 0.2) is 90.6 Å². The van der Waals surface area contributed by atoms with E-state index in [0.717, 1.165) is 21.7 Å². The molecular formula is C35H57ClOS. The van der Waals surface area contributed by atoms with Crippen LogP contribution in [0.2, 0.25) is 5.02 Å². The van der Waals surface area contributed by atoms with Crippen LogP contribution >= 0.6 is 24.2 Å². The number of thiol groups is 1. The highest BCUT2D eigenvalue weighted by Crippen LogP contribution is 2.26. The van der Waals surface area contributed by atoms with Crippen LogP contribution in [-0.4, -0.2) is 13.4 Å². The van der Waals surface area contributed by atoms with E-state index in [9.17, 15) is 0 Å². The lowest BCUT2D eigenvalue weighted by atomic mass is 10.0. The SMILES string of the molecule is C=C(C)/C=C\C=C(/C)CCCC.CC.CCCCCC.COC(c1ccccc1)c1ccc(Cl)cc1.CS. The first kappa shape index (κ1) is 40.8. The molecule has 0 radical (unpaired) electrons. The highest BCUT2D eigenvalue weighted by atomic mass is 35.5. The Hall–Kier alpha value is -1.74. The van der Waals surface area contributed by atoms with Gasteiger partial charge < -0.3 is 4.74 Å². The number of unbranched alkanes of at least 4 members (excludes halogenated alkanes) is 4. The summed E-state index contributed by atoms with van der Waals surface area (Å²) in [6, 6.07) is 17.9. The van der Waals surface area contributed by atoms with Crippen molar-refractivity contribution in [2.24, 2.45) is 0 Å². The fourth-order valence-corrected chi connectivity index (χ4v) is 3.27. The van der Waals surface area contributed by atoms with Gasteiger partial charge in [0.25, 0.3) is 0 Å². The molecule has 0 saturated heterocycles. The van der Waals surface area contributed by atoms with Crippen molar-refractivity contribution in [2.75, 3.05) is 13.4 Å². The molecule has 0 saturated carbocycles. The molecule has 0 heterocycles. The molecule has 216 valence electrons. The quantitative estimate of drug-likeness (QED) is 0.163. The van der Waals surface area contributed by atoms with Crippen LogP contribution in [0.4, 0.5) is 0 Å². The molecule has 1 unspecified atom stereocenters. The average molecular weight is 561 g/mol. The standard InChI is InChI=1S/C14H13ClO.C12H20.C6H14.C2H6.CH4S/c1-16-14(11-5-3-2-4-6-11)12-7-9-13(15)10-8-12;1-5-6-9-12(4)10-7-8-11(2)3;1-3-5-6-4-2;2*1-2/h2-10,14H,1H3;7-8,10H,2,5-6,9H2,1,3-4H3;3-6H2,1-2H3;1-2H3;2H,1H3/b;8-7-,12-10+;;;. The largest absolute Gasteiger partial charge is 0.372 e. The highest BCUT2D eigenvalue weighted by Gasteiger charge is 2.12. The zero-order chi connectivity index (χ0) is 29.6. The molecule has 0 bridgehead atoms. The second kappa shape index (κ2) is 31.5. The minimum absolute atomic E-state index is 0.0292. The number of benzene rings is 2. The summed E-state index contributed by atoms with van der Waals surface area (Å²) in [6.07, 6.45) is 17.3. The van der Waals surface area contributed by atoms with E-state index in [2.05, 4.69) is 71.2 Å². The highest BCUT2D eigenvalue weighted by molar-refractivity contribution is 7.79. The Morgan fingerprint density at radius 1 is 0.842 bits per heavy atom. The number of rotatable bonds is 11. The van der Waals surface area contributed by atoms with Crippen molar-refractivity contribution in [3.8, 4) is 0 Å². The molecule has 38 heavy (non-hydrogen) atoms. The van der Waals surface area contributed by atoms with Crippen LogP contribution in [0.5, 0.6) is 0 Å². The summed E-state index contributed by atoms with van der Waals surface area (Å²) >= 11 is 9.39. The zero-order valence-corrected chi connectivity index (χ0v) is 27.5. The third-order valence-electron chi connectivity index (χ3n) is 5.15. The Kier molecular flexibility index (Phi) is 33.8. The van der Waals surface area contributed by atoms with Crippen molar-refractivity contribution in [1.82, 2.24) is 0 Å². The molecule has 2 aromatic carbocycles. The summed E-state index contributed by atoms with van der Waals surface area (Å²) in [7, 11) is 1.71. The number of hydrogen-bond donors (Lipinski definition) is 1. The lowest BCUT2D eigenvalue weighted by Crippen LogP contribution is -2.02. The lowest BCUT2D eigenvalue weighted by Gasteiger charge is -2.16. The molecule has 0 fully saturated rings. The van der Waals surface area contributed by atoms with E-state index in [0.29, 0.717) is 0 Å². The molecule has 0 aliphatic rings. The summed E-state index contributed by atoms with van der Waals surface area (Å²) in [5, 5.41) is 0.742. The molecule has 0 aliphatic heterocycles. The van der Waals surface area contributed by atoms with Crippen LogP contribution in [-0.2, 0) is 4.74 Å². The van der Waals surface area contributed by atoms with Gasteiger partial charge >= 0.3 is 0 Å². The molecule has 1 nitrogen and oxygen atoms in total. The van der Waals surface area contributed by atoms with Gasteiger partial charge in [-0.15, -0.1) is 0 Å². The molecular weight excluding hydrogens is 504 g/mol. The number of ether oxygens (including phenoxy) is 1. The van der Waals surface area contributed by atoms with Crippen molar-refractivity contribution in [3.05, 3.63) is 107 Å². The van der Waals surface area contributed by atoms with Crippen molar-refractivity contribution >= 4 is 24.2 Å². The molecule has 0 N–H and O–H groups in total. The summed E-state index contributed by atoms with van der Waals surface area (Å²) < 4.78 is 5.52. The van der Waals surface area contributed by atoms with Gasteiger partial charge in [-0.05, 0) is 56.2 Å². The number of hydrogen-bond acceptors (Lipinski definition) is 2. The molecule has 0 aromatic heterocycles. The Morgan fingerprint density at radius 3 is 1.74 bits per heavy atom. The molecule has 0 spiro atoms. The van der Waals surface area contributed by atoms with Crippen molar-refractivity contribution in [3.63, 3.8) is 0 Å². The molecule has 2 aromatic rings. The Morgan fingerprint density at radius 2 is 1.32 bits per heavy atom. The van der Waals surface area contributed by atoms with E-state index in [4.69, 9.17) is 16.3 Å². The third kappa shape index (κ3) is 24.6. The van der Waals surface area contributed by atoms with Gasteiger partial charge in [0.1, 0.15) is 6.10 Å². The predicted molar refractivity (Wildman–Crippen MR) is 180 cm³/mol. The van der Waals surface area contributed by atoms with E-state index < -0.39 is 0 Å². The molecule has 0 amide bonds. The fraction of sp³-hybridized carbons (Fsp3) is 0.486. The second-order valence-corrected chi connectivity index (χ2v) is 9.04. The van der Waals surface area contributed by atoms with Gasteiger partial charge in [0, 0.05) is 12.1 Å². The van der Waals surface area contributed by atoms with E-state index in [-0.39, 0.29) is 6.10 Å². The first-order chi connectivity index (χ1) is 18.4. The number of methoxy groups -OCH3 is 1. The monoisotopic (exact) mass is 560 g/mol. The van der Waals surface area contributed by atoms with Crippen molar-refractivity contribution in [1.29, 1.82) is 0 Å². The Labute approximate surface area is 247 Å². The summed E-state index contributed by atoms with van der Waals surface area (Å²) in [5.41, 5.74) is 4.81. The predicted octanol–water partition coefficient (Wildman–Crippen LogP) is 12.5. The van der Waals surface area contributed by atoms with Gasteiger partial charge in [0.2, 0.25) is 0 Å². The molecule has 1 atom stereocenters. The van der Waals surface area contributed by atoms with Crippen LogP contribution in [0.25, 0.3) is 0 Å². The van der Waals surface area contributed by atoms with Gasteiger partial charge in [-0.1, -0.05) is 157 Å². The van der Waals surface area contributed by atoms with Gasteiger partial charge in [0.05, 0.1) is 0 Å². The summed E-state index contributed by atoms with van der Waals surface area (Å²) in [5.74, 6) is 0. The van der Waals surface area contributed by atoms with Gasteiger partial charge in [-0.2, -0.15) is 12.6 Å². The van der Waals surface area contributed by atoms with Gasteiger partial charge in [-0.25, -0.2) is 0 Å². The molecule has 0 aliphatic carbocycles. The van der Waals surface area contributed by atoms with E-state index in [1.165, 1.54) is 50.5 Å². The van der Waals surface area contributed by atoms with Crippen LogP contribution in [0, 0.1) is 0 Å². The molecule has 2 rings (SSSR count). The first-order valence-electron chi connectivity index (χ1n) is 14.2. The smallest absolute Gasteiger partial charge is 0.107 e. The fourth-order valence-electron chi connectivity index (χ4n) is 3.15. The Balaban J connectivity index is -0.000000493. The number of allylic oxidation sites excluding steroid dienone is 5.